The van der Waals surface area contributed by atoms with Crippen molar-refractivity contribution in [2.45, 2.75) is 26.1 Å². The standard InChI is InChI=1S/C23H23ClFNO2/c1-16(17-7-4-3-5-8-17)26-14-18-9-6-10-22(27-2)23(18)28-15-19-11-12-20(25)13-21(19)24/h3-13,16,26H,14-15H2,1-2H3/t16-/m0/s1. The fourth-order valence-electron chi connectivity index (χ4n) is 2.94. The number of hydrogen-bond acceptors (Lipinski definition) is 3. The Morgan fingerprint density at radius 3 is 2.50 bits per heavy atom. The summed E-state index contributed by atoms with van der Waals surface area (Å²) in [7, 11) is 1.61. The lowest BCUT2D eigenvalue weighted by molar-refractivity contribution is 0.280. The van der Waals surface area contributed by atoms with Gasteiger partial charge in [0.25, 0.3) is 0 Å². The number of ether oxygens (including phenoxy) is 2. The van der Waals surface area contributed by atoms with Crippen LogP contribution in [0.15, 0.2) is 66.7 Å². The molecule has 0 aliphatic rings. The molecule has 1 N–H and O–H groups in total. The van der Waals surface area contributed by atoms with Crippen molar-refractivity contribution in [1.82, 2.24) is 5.32 Å². The third-order valence-corrected chi connectivity index (χ3v) is 4.92. The molecular formula is C23H23ClFNO2. The molecule has 146 valence electrons. The van der Waals surface area contributed by atoms with Gasteiger partial charge in [-0.3, -0.25) is 0 Å². The molecule has 28 heavy (non-hydrogen) atoms. The maximum atomic E-state index is 13.3. The van der Waals surface area contributed by atoms with Crippen molar-refractivity contribution in [3.8, 4) is 11.5 Å². The zero-order chi connectivity index (χ0) is 19.9. The van der Waals surface area contributed by atoms with Gasteiger partial charge in [0.15, 0.2) is 11.5 Å². The van der Waals surface area contributed by atoms with Crippen molar-refractivity contribution < 1.29 is 13.9 Å². The third-order valence-electron chi connectivity index (χ3n) is 4.57. The molecular weight excluding hydrogens is 377 g/mol. The number of benzene rings is 3. The van der Waals surface area contributed by atoms with Gasteiger partial charge in [0.05, 0.1) is 12.1 Å². The highest BCUT2D eigenvalue weighted by Crippen LogP contribution is 2.33. The number of halogens is 2. The zero-order valence-electron chi connectivity index (χ0n) is 15.9. The molecule has 0 saturated heterocycles. The minimum absolute atomic E-state index is 0.187. The second-order valence-corrected chi connectivity index (χ2v) is 6.89. The highest BCUT2D eigenvalue weighted by atomic mass is 35.5. The van der Waals surface area contributed by atoms with Crippen molar-refractivity contribution in [2.24, 2.45) is 0 Å². The molecule has 5 heteroatoms. The lowest BCUT2D eigenvalue weighted by Gasteiger charge is -2.18. The Bertz CT molecular complexity index is 918. The lowest BCUT2D eigenvalue weighted by Crippen LogP contribution is -2.18. The van der Waals surface area contributed by atoms with E-state index in [-0.39, 0.29) is 18.5 Å². The van der Waals surface area contributed by atoms with Gasteiger partial charge in [-0.15, -0.1) is 0 Å². The number of hydrogen-bond donors (Lipinski definition) is 1. The van der Waals surface area contributed by atoms with Crippen molar-refractivity contribution in [2.75, 3.05) is 7.11 Å². The summed E-state index contributed by atoms with van der Waals surface area (Å²) in [4.78, 5) is 0. The van der Waals surface area contributed by atoms with Crippen LogP contribution in [-0.4, -0.2) is 7.11 Å². The summed E-state index contributed by atoms with van der Waals surface area (Å²) in [5.74, 6) is 0.925. The Kier molecular flexibility index (Phi) is 6.90. The summed E-state index contributed by atoms with van der Waals surface area (Å²) in [5, 5.41) is 3.85. The van der Waals surface area contributed by atoms with Gasteiger partial charge in [0.1, 0.15) is 12.4 Å². The molecule has 0 aliphatic heterocycles. The molecule has 0 aliphatic carbocycles. The smallest absolute Gasteiger partial charge is 0.166 e. The minimum atomic E-state index is -0.370. The summed E-state index contributed by atoms with van der Waals surface area (Å²) < 4.78 is 24.8. The normalized spacial score (nSPS) is 11.9. The molecule has 3 nitrogen and oxygen atoms in total. The number of nitrogens with one attached hydrogen (secondary N) is 1. The predicted octanol–water partition coefficient (Wildman–Crippen LogP) is 5.92. The molecule has 0 bridgehead atoms. The topological polar surface area (TPSA) is 30.5 Å². The highest BCUT2D eigenvalue weighted by Gasteiger charge is 2.13. The molecule has 0 fully saturated rings. The molecule has 0 heterocycles. The fraction of sp³-hybridized carbons (Fsp3) is 0.217. The van der Waals surface area contributed by atoms with E-state index < -0.39 is 0 Å². The maximum Gasteiger partial charge on any atom is 0.166 e. The van der Waals surface area contributed by atoms with E-state index in [1.165, 1.54) is 17.7 Å². The van der Waals surface area contributed by atoms with Crippen LogP contribution in [0.3, 0.4) is 0 Å². The fourth-order valence-corrected chi connectivity index (χ4v) is 3.16. The van der Waals surface area contributed by atoms with Gasteiger partial charge in [0, 0.05) is 23.7 Å². The third kappa shape index (κ3) is 5.03. The molecule has 3 aromatic rings. The Balaban J connectivity index is 1.74. The van der Waals surface area contributed by atoms with E-state index in [2.05, 4.69) is 24.4 Å². The van der Waals surface area contributed by atoms with Crippen LogP contribution in [0.5, 0.6) is 11.5 Å². The van der Waals surface area contributed by atoms with Crippen molar-refractivity contribution >= 4 is 11.6 Å². The SMILES string of the molecule is COc1cccc(CN[C@@H](C)c2ccccc2)c1OCc1ccc(F)cc1Cl. The summed E-state index contributed by atoms with van der Waals surface area (Å²) in [6.07, 6.45) is 0. The van der Waals surface area contributed by atoms with E-state index in [4.69, 9.17) is 21.1 Å². The van der Waals surface area contributed by atoms with E-state index in [0.717, 1.165) is 5.56 Å². The van der Waals surface area contributed by atoms with Crippen LogP contribution < -0.4 is 14.8 Å². The summed E-state index contributed by atoms with van der Waals surface area (Å²) >= 11 is 6.12. The minimum Gasteiger partial charge on any atom is -0.493 e. The first kappa shape index (κ1) is 20.2. The average molecular weight is 400 g/mol. The van der Waals surface area contributed by atoms with Gasteiger partial charge in [-0.2, -0.15) is 0 Å². The zero-order valence-corrected chi connectivity index (χ0v) is 16.7. The molecule has 0 unspecified atom stereocenters. The summed E-state index contributed by atoms with van der Waals surface area (Å²) in [5.41, 5.74) is 2.90. The van der Waals surface area contributed by atoms with Gasteiger partial charge in [-0.05, 0) is 30.7 Å². The van der Waals surface area contributed by atoms with Crippen LogP contribution in [0.2, 0.25) is 5.02 Å². The molecule has 3 rings (SSSR count). The van der Waals surface area contributed by atoms with E-state index >= 15 is 0 Å². The van der Waals surface area contributed by atoms with Crippen LogP contribution in [-0.2, 0) is 13.2 Å². The Morgan fingerprint density at radius 1 is 1.00 bits per heavy atom. The average Bonchev–Trinajstić information content (AvgIpc) is 2.72. The largest absolute Gasteiger partial charge is 0.493 e. The molecule has 0 aromatic heterocycles. The molecule has 1 atom stereocenters. The van der Waals surface area contributed by atoms with Gasteiger partial charge >= 0.3 is 0 Å². The van der Waals surface area contributed by atoms with Gasteiger partial charge in [0.2, 0.25) is 0 Å². The first-order valence-corrected chi connectivity index (χ1v) is 9.47. The second-order valence-electron chi connectivity index (χ2n) is 6.49. The van der Waals surface area contributed by atoms with Gasteiger partial charge in [-0.1, -0.05) is 60.1 Å². The summed E-state index contributed by atoms with van der Waals surface area (Å²) in [6.45, 7) is 2.95. The van der Waals surface area contributed by atoms with Crippen LogP contribution in [0.4, 0.5) is 4.39 Å². The van der Waals surface area contributed by atoms with Crippen molar-refractivity contribution in [3.05, 3.63) is 94.3 Å². The first-order valence-electron chi connectivity index (χ1n) is 9.09. The van der Waals surface area contributed by atoms with Crippen LogP contribution >= 0.6 is 11.6 Å². The Hall–Kier alpha value is -2.56. The maximum absolute atomic E-state index is 13.3. The first-order chi connectivity index (χ1) is 13.6. The quantitative estimate of drug-likeness (QED) is 0.510. The lowest BCUT2D eigenvalue weighted by atomic mass is 10.1. The van der Waals surface area contributed by atoms with E-state index in [1.807, 2.05) is 36.4 Å². The summed E-state index contributed by atoms with van der Waals surface area (Å²) in [6, 6.07) is 20.5. The van der Waals surface area contributed by atoms with Gasteiger partial charge < -0.3 is 14.8 Å². The van der Waals surface area contributed by atoms with E-state index in [0.29, 0.717) is 28.6 Å². The van der Waals surface area contributed by atoms with E-state index in [1.54, 1.807) is 13.2 Å². The van der Waals surface area contributed by atoms with Crippen LogP contribution in [0.25, 0.3) is 0 Å². The Labute approximate surface area is 170 Å². The van der Waals surface area contributed by atoms with Crippen molar-refractivity contribution in [3.63, 3.8) is 0 Å². The van der Waals surface area contributed by atoms with Gasteiger partial charge in [-0.25, -0.2) is 4.39 Å². The van der Waals surface area contributed by atoms with E-state index in [9.17, 15) is 4.39 Å². The molecule has 0 radical (unpaired) electrons. The van der Waals surface area contributed by atoms with Crippen molar-refractivity contribution in [1.29, 1.82) is 0 Å². The number of para-hydroxylation sites is 1. The second kappa shape index (κ2) is 9.58. The highest BCUT2D eigenvalue weighted by molar-refractivity contribution is 6.31. The van der Waals surface area contributed by atoms with Crippen LogP contribution in [0.1, 0.15) is 29.7 Å². The molecule has 0 spiro atoms. The molecule has 3 aromatic carbocycles. The van der Waals surface area contributed by atoms with Crippen LogP contribution in [0, 0.1) is 5.82 Å². The number of methoxy groups -OCH3 is 1. The monoisotopic (exact) mass is 399 g/mol. The molecule has 0 saturated carbocycles. The predicted molar refractivity (Wildman–Crippen MR) is 110 cm³/mol. The Morgan fingerprint density at radius 2 is 1.79 bits per heavy atom. The molecule has 0 amide bonds. The number of rotatable bonds is 8.